The van der Waals surface area contributed by atoms with Crippen LogP contribution in [-0.4, -0.2) is 9.55 Å². The van der Waals surface area contributed by atoms with Crippen LogP contribution in [0.15, 0.2) is 30.6 Å². The lowest BCUT2D eigenvalue weighted by Gasteiger charge is -1.91. The first-order chi connectivity index (χ1) is 5.95. The molecule has 2 heteroatoms. The Morgan fingerprint density at radius 2 is 2.42 bits per heavy atom. The maximum atomic E-state index is 4.29. The van der Waals surface area contributed by atoms with E-state index in [0.29, 0.717) is 0 Å². The molecule has 0 unspecified atom stereocenters. The monoisotopic (exact) mass is 156 g/mol. The molecule has 2 aromatic heterocycles. The van der Waals surface area contributed by atoms with Crippen molar-refractivity contribution >= 4 is 17.1 Å². The van der Waals surface area contributed by atoms with E-state index < -0.39 is 0 Å². The molecule has 2 aromatic rings. The summed E-state index contributed by atoms with van der Waals surface area (Å²) in [5.74, 6) is 0. The van der Waals surface area contributed by atoms with Crippen LogP contribution in [0, 0.1) is 0 Å². The molecular formula is C10H8N2. The van der Waals surface area contributed by atoms with Crippen LogP contribution in [0.4, 0.5) is 0 Å². The number of hydrogen-bond donors (Lipinski definition) is 0. The van der Waals surface area contributed by atoms with Crippen molar-refractivity contribution in [1.29, 1.82) is 0 Å². The van der Waals surface area contributed by atoms with E-state index >= 15 is 0 Å². The lowest BCUT2D eigenvalue weighted by atomic mass is 10.2. The molecule has 3 heterocycles. The largest absolute Gasteiger partial charge is 0.325 e. The van der Waals surface area contributed by atoms with Crippen molar-refractivity contribution < 1.29 is 0 Å². The van der Waals surface area contributed by atoms with Crippen LogP contribution < -0.4 is 0 Å². The molecule has 1 aliphatic rings. The molecule has 1 aliphatic heterocycles. The zero-order chi connectivity index (χ0) is 7.97. The van der Waals surface area contributed by atoms with Gasteiger partial charge in [-0.2, -0.15) is 0 Å². The highest BCUT2D eigenvalue weighted by molar-refractivity contribution is 5.83. The minimum atomic E-state index is 1.04. The average molecular weight is 156 g/mol. The Hall–Kier alpha value is -1.57. The van der Waals surface area contributed by atoms with Gasteiger partial charge in [0.25, 0.3) is 0 Å². The molecular weight excluding hydrogens is 148 g/mol. The lowest BCUT2D eigenvalue weighted by Crippen LogP contribution is -1.82. The topological polar surface area (TPSA) is 17.8 Å². The normalized spacial score (nSPS) is 14.0. The van der Waals surface area contributed by atoms with Crippen molar-refractivity contribution in [2.75, 3.05) is 0 Å². The van der Waals surface area contributed by atoms with Gasteiger partial charge in [0.05, 0.1) is 5.52 Å². The summed E-state index contributed by atoms with van der Waals surface area (Å²) in [5.41, 5.74) is 2.45. The summed E-state index contributed by atoms with van der Waals surface area (Å²) in [6, 6.07) is 4.11. The smallest absolute Gasteiger partial charge is 0.0885 e. The van der Waals surface area contributed by atoms with Crippen LogP contribution >= 0.6 is 0 Å². The molecule has 0 spiro atoms. The van der Waals surface area contributed by atoms with Crippen molar-refractivity contribution in [2.24, 2.45) is 0 Å². The third kappa shape index (κ3) is 0.619. The zero-order valence-corrected chi connectivity index (χ0v) is 6.57. The highest BCUT2D eigenvalue weighted by atomic mass is 15.0. The standard InChI is InChI=1S/C10H8N2/c1-3-8-9(11-5-1)7-12-6-2-4-10(8)12/h1-3,5-7H,4H2. The Morgan fingerprint density at radius 3 is 3.42 bits per heavy atom. The number of nitrogens with zero attached hydrogens (tertiary/aromatic N) is 2. The number of rotatable bonds is 0. The predicted molar refractivity (Wildman–Crippen MR) is 48.8 cm³/mol. The van der Waals surface area contributed by atoms with Crippen LogP contribution in [0.1, 0.15) is 5.69 Å². The Labute approximate surface area is 70.2 Å². The maximum absolute atomic E-state index is 4.29. The minimum Gasteiger partial charge on any atom is -0.325 e. The van der Waals surface area contributed by atoms with Crippen LogP contribution in [-0.2, 0) is 6.42 Å². The van der Waals surface area contributed by atoms with Crippen molar-refractivity contribution in [3.8, 4) is 0 Å². The number of fused-ring (bicyclic) bond motifs is 3. The summed E-state index contributed by atoms with van der Waals surface area (Å²) in [5, 5.41) is 1.28. The first kappa shape index (κ1) is 6.00. The fraction of sp³-hybridized carbons (Fsp3) is 0.100. The van der Waals surface area contributed by atoms with E-state index in [-0.39, 0.29) is 0 Å². The Kier molecular flexibility index (Phi) is 0.987. The van der Waals surface area contributed by atoms with Gasteiger partial charge in [-0.1, -0.05) is 6.08 Å². The van der Waals surface area contributed by atoms with Gasteiger partial charge in [0.2, 0.25) is 0 Å². The molecule has 0 amide bonds. The Bertz CT molecular complexity index is 466. The molecule has 3 rings (SSSR count). The average Bonchev–Trinajstić information content (AvgIpc) is 2.62. The van der Waals surface area contributed by atoms with Crippen molar-refractivity contribution in [3.05, 3.63) is 36.3 Å². The second-order valence-corrected chi connectivity index (χ2v) is 3.01. The third-order valence-corrected chi connectivity index (χ3v) is 2.30. The molecule has 2 nitrogen and oxygen atoms in total. The summed E-state index contributed by atoms with van der Waals surface area (Å²) in [7, 11) is 0. The second kappa shape index (κ2) is 1.97. The fourth-order valence-corrected chi connectivity index (χ4v) is 1.74. The van der Waals surface area contributed by atoms with Crippen LogP contribution in [0.3, 0.4) is 0 Å². The quantitative estimate of drug-likeness (QED) is 0.571. The van der Waals surface area contributed by atoms with Gasteiger partial charge in [-0.15, -0.1) is 0 Å². The molecule has 12 heavy (non-hydrogen) atoms. The van der Waals surface area contributed by atoms with Crippen LogP contribution in [0.5, 0.6) is 0 Å². The lowest BCUT2D eigenvalue weighted by molar-refractivity contribution is 1.10. The van der Waals surface area contributed by atoms with E-state index in [0.717, 1.165) is 11.9 Å². The molecule has 0 radical (unpaired) electrons. The van der Waals surface area contributed by atoms with Gasteiger partial charge in [-0.25, -0.2) is 0 Å². The molecule has 0 atom stereocenters. The highest BCUT2D eigenvalue weighted by Gasteiger charge is 2.09. The molecule has 0 saturated carbocycles. The van der Waals surface area contributed by atoms with E-state index in [9.17, 15) is 0 Å². The Balaban J connectivity index is 2.49. The molecule has 0 bridgehead atoms. The van der Waals surface area contributed by atoms with Gasteiger partial charge < -0.3 is 4.57 Å². The fourth-order valence-electron chi connectivity index (χ4n) is 1.74. The van der Waals surface area contributed by atoms with Gasteiger partial charge in [0.1, 0.15) is 0 Å². The minimum absolute atomic E-state index is 1.04. The number of allylic oxidation sites excluding steroid dienone is 1. The van der Waals surface area contributed by atoms with Crippen LogP contribution in [0.2, 0.25) is 0 Å². The van der Waals surface area contributed by atoms with Gasteiger partial charge >= 0.3 is 0 Å². The number of pyridine rings is 1. The van der Waals surface area contributed by atoms with Crippen LogP contribution in [0.25, 0.3) is 17.1 Å². The molecule has 58 valence electrons. The summed E-state index contributed by atoms with van der Waals surface area (Å²) in [6.45, 7) is 0. The summed E-state index contributed by atoms with van der Waals surface area (Å²) in [6.07, 6.45) is 9.21. The SMILES string of the molecule is C1=Cn2cc3ncccc3c2C1. The number of hydrogen-bond acceptors (Lipinski definition) is 1. The van der Waals surface area contributed by atoms with Gasteiger partial charge in [0.15, 0.2) is 0 Å². The summed E-state index contributed by atoms with van der Waals surface area (Å²) < 4.78 is 2.15. The summed E-state index contributed by atoms with van der Waals surface area (Å²) >= 11 is 0. The van der Waals surface area contributed by atoms with E-state index in [1.54, 1.807) is 0 Å². The first-order valence-electron chi connectivity index (χ1n) is 4.06. The Morgan fingerprint density at radius 1 is 1.42 bits per heavy atom. The third-order valence-electron chi connectivity index (χ3n) is 2.30. The molecule has 0 saturated heterocycles. The molecule has 0 aromatic carbocycles. The van der Waals surface area contributed by atoms with Crippen molar-refractivity contribution in [3.63, 3.8) is 0 Å². The zero-order valence-electron chi connectivity index (χ0n) is 6.57. The van der Waals surface area contributed by atoms with E-state index in [4.69, 9.17) is 0 Å². The molecule has 0 N–H and O–H groups in total. The maximum Gasteiger partial charge on any atom is 0.0885 e. The van der Waals surface area contributed by atoms with E-state index in [1.807, 2.05) is 12.3 Å². The second-order valence-electron chi connectivity index (χ2n) is 3.01. The molecule has 0 fully saturated rings. The van der Waals surface area contributed by atoms with Gasteiger partial charge in [-0.3, -0.25) is 4.98 Å². The summed E-state index contributed by atoms with van der Waals surface area (Å²) in [4.78, 5) is 4.29. The first-order valence-corrected chi connectivity index (χ1v) is 4.06. The predicted octanol–water partition coefficient (Wildman–Crippen LogP) is 2.06. The van der Waals surface area contributed by atoms with E-state index in [1.165, 1.54) is 11.1 Å². The van der Waals surface area contributed by atoms with Gasteiger partial charge in [0, 0.05) is 36.1 Å². The van der Waals surface area contributed by atoms with Crippen molar-refractivity contribution in [2.45, 2.75) is 6.42 Å². The molecule has 0 aliphatic carbocycles. The van der Waals surface area contributed by atoms with Gasteiger partial charge in [-0.05, 0) is 12.1 Å². The van der Waals surface area contributed by atoms with E-state index in [2.05, 4.69) is 34.1 Å². The number of aromatic nitrogens is 2. The highest BCUT2D eigenvalue weighted by Crippen LogP contribution is 2.23. The van der Waals surface area contributed by atoms with Crippen molar-refractivity contribution in [1.82, 2.24) is 9.55 Å².